The monoisotopic (exact) mass is 196 g/mol. The topological polar surface area (TPSA) is 48.6 Å². The molecule has 0 saturated carbocycles. The van der Waals surface area contributed by atoms with Gasteiger partial charge in [0.1, 0.15) is 0 Å². The van der Waals surface area contributed by atoms with Crippen molar-refractivity contribution in [3.8, 4) is 0 Å². The van der Waals surface area contributed by atoms with Crippen molar-refractivity contribution in [3.05, 3.63) is 34.2 Å². The van der Waals surface area contributed by atoms with Crippen LogP contribution in [0.5, 0.6) is 0 Å². The van der Waals surface area contributed by atoms with E-state index in [1.807, 2.05) is 18.2 Å². The summed E-state index contributed by atoms with van der Waals surface area (Å²) in [6, 6.07) is 5.79. The normalized spacial score (nSPS) is 10.8. The van der Waals surface area contributed by atoms with E-state index in [1.165, 1.54) is 0 Å². The van der Waals surface area contributed by atoms with Gasteiger partial charge in [-0.15, -0.1) is 11.6 Å². The summed E-state index contributed by atoms with van der Waals surface area (Å²) in [5, 5.41) is 0. The maximum atomic E-state index is 10.9. The van der Waals surface area contributed by atoms with Gasteiger partial charge in [-0.25, -0.2) is 4.79 Å². The zero-order chi connectivity index (χ0) is 9.26. The van der Waals surface area contributed by atoms with Crippen molar-refractivity contribution in [2.75, 3.05) is 5.88 Å². The van der Waals surface area contributed by atoms with E-state index in [1.54, 1.807) is 0 Å². The lowest BCUT2D eigenvalue weighted by Crippen LogP contribution is -1.99. The molecule has 2 N–H and O–H groups in total. The van der Waals surface area contributed by atoms with E-state index in [0.29, 0.717) is 5.88 Å². The fraction of sp³-hybridized carbons (Fsp3) is 0.222. The molecule has 0 saturated heterocycles. The Hall–Kier alpha value is -1.22. The number of alkyl halides is 1. The molecule has 2 aromatic rings. The van der Waals surface area contributed by atoms with Crippen LogP contribution in [0.25, 0.3) is 11.0 Å². The number of rotatable bonds is 2. The predicted molar refractivity (Wildman–Crippen MR) is 53.3 cm³/mol. The van der Waals surface area contributed by atoms with Gasteiger partial charge in [-0.2, -0.15) is 0 Å². The number of hydrogen-bond donors (Lipinski definition) is 2. The average Bonchev–Trinajstić information content (AvgIpc) is 2.44. The maximum absolute atomic E-state index is 10.9. The van der Waals surface area contributed by atoms with Crippen molar-refractivity contribution >= 4 is 22.6 Å². The fourth-order valence-corrected chi connectivity index (χ4v) is 1.56. The van der Waals surface area contributed by atoms with E-state index in [9.17, 15) is 4.79 Å². The van der Waals surface area contributed by atoms with Crippen LogP contribution in [0, 0.1) is 0 Å². The zero-order valence-corrected chi connectivity index (χ0v) is 7.69. The molecule has 68 valence electrons. The van der Waals surface area contributed by atoms with Crippen LogP contribution < -0.4 is 5.69 Å². The minimum Gasteiger partial charge on any atom is -0.306 e. The van der Waals surface area contributed by atoms with Gasteiger partial charge in [0.2, 0.25) is 0 Å². The van der Waals surface area contributed by atoms with Crippen LogP contribution in [0.2, 0.25) is 0 Å². The van der Waals surface area contributed by atoms with Crippen LogP contribution in [0.1, 0.15) is 5.56 Å². The van der Waals surface area contributed by atoms with Crippen LogP contribution >= 0.6 is 11.6 Å². The lowest BCUT2D eigenvalue weighted by molar-refractivity contribution is 1.15. The highest BCUT2D eigenvalue weighted by atomic mass is 35.5. The molecule has 0 atom stereocenters. The highest BCUT2D eigenvalue weighted by Crippen LogP contribution is 2.10. The first-order chi connectivity index (χ1) is 6.29. The molecule has 1 aromatic heterocycles. The molecule has 4 heteroatoms. The largest absolute Gasteiger partial charge is 0.323 e. The van der Waals surface area contributed by atoms with Crippen molar-refractivity contribution in [2.24, 2.45) is 0 Å². The molecule has 3 nitrogen and oxygen atoms in total. The molecule has 0 fully saturated rings. The summed E-state index contributed by atoms with van der Waals surface area (Å²) in [6.07, 6.45) is 0.824. The third-order valence-corrected chi connectivity index (χ3v) is 2.15. The van der Waals surface area contributed by atoms with Crippen molar-refractivity contribution < 1.29 is 0 Å². The van der Waals surface area contributed by atoms with E-state index in [0.717, 1.165) is 23.0 Å². The molecule has 2 rings (SSSR count). The van der Waals surface area contributed by atoms with Gasteiger partial charge in [0.25, 0.3) is 0 Å². The third-order valence-electron chi connectivity index (χ3n) is 1.96. The van der Waals surface area contributed by atoms with Gasteiger partial charge in [0, 0.05) is 5.88 Å². The van der Waals surface area contributed by atoms with Crippen LogP contribution in [0.4, 0.5) is 0 Å². The van der Waals surface area contributed by atoms with Crippen molar-refractivity contribution in [1.29, 1.82) is 0 Å². The molecular formula is C9H9ClN2O. The van der Waals surface area contributed by atoms with Crippen molar-refractivity contribution in [3.63, 3.8) is 0 Å². The van der Waals surface area contributed by atoms with Crippen LogP contribution in [0.3, 0.4) is 0 Å². The molecule has 13 heavy (non-hydrogen) atoms. The number of hydrogen-bond acceptors (Lipinski definition) is 1. The van der Waals surface area contributed by atoms with E-state index >= 15 is 0 Å². The molecule has 0 spiro atoms. The van der Waals surface area contributed by atoms with Gasteiger partial charge in [-0.05, 0) is 24.1 Å². The number of imidazole rings is 1. The second kappa shape index (κ2) is 3.26. The van der Waals surface area contributed by atoms with Crippen molar-refractivity contribution in [2.45, 2.75) is 6.42 Å². The summed E-state index contributed by atoms with van der Waals surface area (Å²) in [4.78, 5) is 16.3. The number of aromatic amines is 2. The lowest BCUT2D eigenvalue weighted by Gasteiger charge is -1.96. The maximum Gasteiger partial charge on any atom is 0.323 e. The van der Waals surface area contributed by atoms with E-state index in [2.05, 4.69) is 9.97 Å². The molecule has 0 amide bonds. The van der Waals surface area contributed by atoms with Crippen LogP contribution in [0.15, 0.2) is 23.0 Å². The molecule has 0 unspecified atom stereocenters. The number of aromatic nitrogens is 2. The summed E-state index contributed by atoms with van der Waals surface area (Å²) in [7, 11) is 0. The number of nitrogens with one attached hydrogen (secondary N) is 2. The van der Waals surface area contributed by atoms with Gasteiger partial charge in [-0.1, -0.05) is 6.07 Å². The smallest absolute Gasteiger partial charge is 0.306 e. The summed E-state index contributed by atoms with van der Waals surface area (Å²) in [5.74, 6) is 0.597. The second-order valence-electron chi connectivity index (χ2n) is 2.90. The van der Waals surface area contributed by atoms with Crippen LogP contribution in [-0.2, 0) is 6.42 Å². The van der Waals surface area contributed by atoms with Gasteiger partial charge < -0.3 is 9.97 Å². The molecule has 0 radical (unpaired) electrons. The SMILES string of the molecule is O=c1[nH]c2ccc(CCCl)cc2[nH]1. The molecule has 1 aromatic carbocycles. The average molecular weight is 197 g/mol. The Morgan fingerprint density at radius 1 is 1.23 bits per heavy atom. The Kier molecular flexibility index (Phi) is 2.10. The lowest BCUT2D eigenvalue weighted by atomic mass is 10.1. The summed E-state index contributed by atoms with van der Waals surface area (Å²) >= 11 is 5.61. The molecular weight excluding hydrogens is 188 g/mol. The van der Waals surface area contributed by atoms with Crippen LogP contribution in [-0.4, -0.2) is 15.8 Å². The Balaban J connectivity index is 2.54. The predicted octanol–water partition coefficient (Wildman–Crippen LogP) is 1.64. The first kappa shape index (κ1) is 8.38. The summed E-state index contributed by atoms with van der Waals surface area (Å²) in [6.45, 7) is 0. The first-order valence-electron chi connectivity index (χ1n) is 4.06. The first-order valence-corrected chi connectivity index (χ1v) is 4.60. The number of halogens is 1. The Morgan fingerprint density at radius 2 is 2.00 bits per heavy atom. The number of fused-ring (bicyclic) bond motifs is 1. The van der Waals surface area contributed by atoms with Gasteiger partial charge in [-0.3, -0.25) is 0 Å². The van der Waals surface area contributed by atoms with E-state index < -0.39 is 0 Å². The van der Waals surface area contributed by atoms with Gasteiger partial charge in [0.15, 0.2) is 0 Å². The standard InChI is InChI=1S/C9H9ClN2O/c10-4-3-6-1-2-7-8(5-6)12-9(13)11-7/h1-2,5H,3-4H2,(H2,11,12,13). The van der Waals surface area contributed by atoms with E-state index in [4.69, 9.17) is 11.6 Å². The molecule has 1 heterocycles. The van der Waals surface area contributed by atoms with E-state index in [-0.39, 0.29) is 5.69 Å². The summed E-state index contributed by atoms with van der Waals surface area (Å²) < 4.78 is 0. The number of benzene rings is 1. The second-order valence-corrected chi connectivity index (χ2v) is 3.28. The molecule has 0 aliphatic rings. The number of aryl methyl sites for hydroxylation is 1. The summed E-state index contributed by atoms with van der Waals surface area (Å²) in [5.41, 5.74) is 2.65. The fourth-order valence-electron chi connectivity index (χ4n) is 1.34. The minimum atomic E-state index is -0.168. The third kappa shape index (κ3) is 1.60. The van der Waals surface area contributed by atoms with Crippen molar-refractivity contribution in [1.82, 2.24) is 9.97 Å². The Bertz CT molecular complexity index is 472. The highest BCUT2D eigenvalue weighted by Gasteiger charge is 1.98. The van der Waals surface area contributed by atoms with Gasteiger partial charge in [0.05, 0.1) is 11.0 Å². The molecule has 0 bridgehead atoms. The minimum absolute atomic E-state index is 0.168. The Labute approximate surface area is 79.7 Å². The quantitative estimate of drug-likeness (QED) is 0.705. The zero-order valence-electron chi connectivity index (χ0n) is 6.93. The number of H-pyrrole nitrogens is 2. The highest BCUT2D eigenvalue weighted by molar-refractivity contribution is 6.18. The van der Waals surface area contributed by atoms with Gasteiger partial charge >= 0.3 is 5.69 Å². The molecule has 0 aliphatic carbocycles. The molecule has 0 aliphatic heterocycles. The Morgan fingerprint density at radius 3 is 2.77 bits per heavy atom.